The van der Waals surface area contributed by atoms with E-state index in [0.29, 0.717) is 0 Å². The quantitative estimate of drug-likeness (QED) is 0.503. The van der Waals surface area contributed by atoms with Crippen LogP contribution in [0.5, 0.6) is 0 Å². The predicted molar refractivity (Wildman–Crippen MR) is 61.9 cm³/mol. The lowest BCUT2D eigenvalue weighted by molar-refractivity contribution is 0.983. The molecule has 0 N–H and O–H groups in total. The van der Waals surface area contributed by atoms with Gasteiger partial charge in [-0.25, -0.2) is 0 Å². The smallest absolute Gasteiger partial charge is 0.0443 e. The van der Waals surface area contributed by atoms with E-state index in [9.17, 15) is 0 Å². The molecular weight excluding hydrogens is 156 g/mol. The molecule has 3 aliphatic rings. The van der Waals surface area contributed by atoms with E-state index in [-0.39, 0.29) is 7.43 Å². The molecule has 0 nitrogen and oxygen atoms in total. The maximum atomic E-state index is 2.28. The first-order chi connectivity index (χ1) is 5.68. The Bertz CT molecular complexity index is 81.4. The van der Waals surface area contributed by atoms with Crippen molar-refractivity contribution in [2.45, 2.75) is 66.7 Å². The van der Waals surface area contributed by atoms with Crippen LogP contribution in [0.2, 0.25) is 0 Å². The largest absolute Gasteiger partial charge is 0.0776 e. The lowest BCUT2D eigenvalue weighted by Gasteiger charge is -1.53. The summed E-state index contributed by atoms with van der Waals surface area (Å²) in [5, 5.41) is 0. The van der Waals surface area contributed by atoms with Crippen molar-refractivity contribution in [2.24, 2.45) is 17.8 Å². The van der Waals surface area contributed by atoms with Crippen LogP contribution in [0.1, 0.15) is 66.7 Å². The van der Waals surface area contributed by atoms with Gasteiger partial charge in [-0.2, -0.15) is 0 Å². The molecule has 0 unspecified atom stereocenters. The molecule has 0 heterocycles. The van der Waals surface area contributed by atoms with Crippen LogP contribution < -0.4 is 0 Å². The SMILES string of the molecule is C.CC1CC1.CC1CC1.CC1CC1. The highest BCUT2D eigenvalue weighted by atomic mass is 14.2. The number of rotatable bonds is 0. The molecule has 0 bridgehead atoms. The van der Waals surface area contributed by atoms with E-state index in [1.807, 2.05) is 0 Å². The summed E-state index contributed by atoms with van der Waals surface area (Å²) in [4.78, 5) is 0. The average molecular weight is 184 g/mol. The van der Waals surface area contributed by atoms with Gasteiger partial charge < -0.3 is 0 Å². The molecule has 0 spiro atoms. The summed E-state index contributed by atoms with van der Waals surface area (Å²) in [6.45, 7) is 6.83. The summed E-state index contributed by atoms with van der Waals surface area (Å²) < 4.78 is 0. The van der Waals surface area contributed by atoms with Crippen LogP contribution in [-0.4, -0.2) is 0 Å². The fourth-order valence-electron chi connectivity index (χ4n) is 0.500. The van der Waals surface area contributed by atoms with E-state index in [4.69, 9.17) is 0 Å². The summed E-state index contributed by atoms with van der Waals surface area (Å²) in [6, 6.07) is 0. The van der Waals surface area contributed by atoms with E-state index in [1.165, 1.54) is 38.5 Å². The van der Waals surface area contributed by atoms with Crippen molar-refractivity contribution in [1.82, 2.24) is 0 Å². The fraction of sp³-hybridized carbons (Fsp3) is 1.00. The second kappa shape index (κ2) is 6.45. The van der Waals surface area contributed by atoms with Crippen molar-refractivity contribution >= 4 is 0 Å². The highest BCUT2D eigenvalue weighted by Crippen LogP contribution is 2.27. The van der Waals surface area contributed by atoms with E-state index in [0.717, 1.165) is 17.8 Å². The molecule has 0 aromatic rings. The Labute approximate surface area is 85.1 Å². The highest BCUT2D eigenvalue weighted by molar-refractivity contribution is 4.66. The summed E-state index contributed by atoms with van der Waals surface area (Å²) in [7, 11) is 0. The van der Waals surface area contributed by atoms with Crippen molar-refractivity contribution in [3.63, 3.8) is 0 Å². The highest BCUT2D eigenvalue weighted by Gasteiger charge is 2.13. The van der Waals surface area contributed by atoms with Gasteiger partial charge in [0, 0.05) is 0 Å². The molecule has 0 aromatic heterocycles. The van der Waals surface area contributed by atoms with Crippen molar-refractivity contribution < 1.29 is 0 Å². The van der Waals surface area contributed by atoms with Gasteiger partial charge in [0.15, 0.2) is 0 Å². The molecule has 0 aromatic carbocycles. The first-order valence-electron chi connectivity index (χ1n) is 5.68. The van der Waals surface area contributed by atoms with Crippen LogP contribution in [0.3, 0.4) is 0 Å². The Morgan fingerprint density at radius 3 is 0.615 bits per heavy atom. The Hall–Kier alpha value is 0. The third-order valence-corrected chi connectivity index (χ3v) is 2.60. The topological polar surface area (TPSA) is 0 Å². The molecule has 3 fully saturated rings. The third-order valence-electron chi connectivity index (χ3n) is 2.60. The molecular formula is C13H28. The van der Waals surface area contributed by atoms with Crippen LogP contribution in [0.25, 0.3) is 0 Å². The van der Waals surface area contributed by atoms with Crippen molar-refractivity contribution in [3.05, 3.63) is 0 Å². The van der Waals surface area contributed by atoms with Crippen molar-refractivity contribution in [1.29, 1.82) is 0 Å². The molecule has 3 saturated carbocycles. The molecule has 13 heavy (non-hydrogen) atoms. The van der Waals surface area contributed by atoms with Gasteiger partial charge in [-0.3, -0.25) is 0 Å². The Balaban J connectivity index is 0.000000160. The minimum atomic E-state index is 0. The molecule has 0 aliphatic heterocycles. The summed E-state index contributed by atoms with van der Waals surface area (Å²) in [6.07, 6.45) is 8.92. The monoisotopic (exact) mass is 184 g/mol. The summed E-state index contributed by atoms with van der Waals surface area (Å²) in [5.41, 5.74) is 0. The van der Waals surface area contributed by atoms with Gasteiger partial charge in [-0.15, -0.1) is 0 Å². The fourth-order valence-corrected chi connectivity index (χ4v) is 0.500. The minimum absolute atomic E-state index is 0. The lowest BCUT2D eigenvalue weighted by Crippen LogP contribution is -1.42. The first-order valence-corrected chi connectivity index (χ1v) is 5.68. The molecule has 80 valence electrons. The Morgan fingerprint density at radius 1 is 0.538 bits per heavy atom. The molecule has 0 atom stereocenters. The zero-order valence-corrected chi connectivity index (χ0v) is 8.97. The predicted octanol–water partition coefficient (Wildman–Crippen LogP) is 4.89. The van der Waals surface area contributed by atoms with Gasteiger partial charge in [0.05, 0.1) is 0 Å². The van der Waals surface area contributed by atoms with Gasteiger partial charge in [-0.1, -0.05) is 66.7 Å². The molecule has 0 heteroatoms. The van der Waals surface area contributed by atoms with Crippen LogP contribution >= 0.6 is 0 Å². The van der Waals surface area contributed by atoms with E-state index in [1.54, 1.807) is 0 Å². The summed E-state index contributed by atoms with van der Waals surface area (Å²) in [5.74, 6) is 3.25. The second-order valence-electron chi connectivity index (χ2n) is 5.05. The molecule has 0 saturated heterocycles. The van der Waals surface area contributed by atoms with Gasteiger partial charge >= 0.3 is 0 Å². The Morgan fingerprint density at radius 2 is 0.615 bits per heavy atom. The molecule has 0 radical (unpaired) electrons. The zero-order valence-electron chi connectivity index (χ0n) is 8.97. The average Bonchev–Trinajstić information content (AvgIpc) is 2.63. The normalized spacial score (nSPS) is 24.2. The lowest BCUT2D eigenvalue weighted by atomic mass is 10.5. The zero-order chi connectivity index (χ0) is 8.97. The van der Waals surface area contributed by atoms with Crippen LogP contribution in [0.4, 0.5) is 0 Å². The van der Waals surface area contributed by atoms with E-state index in [2.05, 4.69) is 20.8 Å². The minimum Gasteiger partial charge on any atom is -0.0776 e. The van der Waals surface area contributed by atoms with Gasteiger partial charge in [-0.05, 0) is 17.8 Å². The van der Waals surface area contributed by atoms with E-state index >= 15 is 0 Å². The Kier molecular flexibility index (Phi) is 6.45. The van der Waals surface area contributed by atoms with Crippen LogP contribution in [0, 0.1) is 17.8 Å². The number of hydrogen-bond donors (Lipinski definition) is 0. The van der Waals surface area contributed by atoms with Gasteiger partial charge in [0.1, 0.15) is 0 Å². The molecule has 0 amide bonds. The first kappa shape index (κ1) is 13.0. The third kappa shape index (κ3) is 14.8. The van der Waals surface area contributed by atoms with Crippen LogP contribution in [-0.2, 0) is 0 Å². The molecule has 3 aliphatic carbocycles. The van der Waals surface area contributed by atoms with Gasteiger partial charge in [0.2, 0.25) is 0 Å². The number of hydrogen-bond acceptors (Lipinski definition) is 0. The summed E-state index contributed by atoms with van der Waals surface area (Å²) >= 11 is 0. The standard InChI is InChI=1S/3C4H8.CH4/c3*1-4-2-3-4;/h3*4H,2-3H2,1H3;1H4. The second-order valence-corrected chi connectivity index (χ2v) is 5.05. The van der Waals surface area contributed by atoms with Gasteiger partial charge in [0.25, 0.3) is 0 Å². The maximum absolute atomic E-state index is 2.28. The maximum Gasteiger partial charge on any atom is -0.0443 e. The van der Waals surface area contributed by atoms with Crippen LogP contribution in [0.15, 0.2) is 0 Å². The van der Waals surface area contributed by atoms with Crippen molar-refractivity contribution in [3.8, 4) is 0 Å². The molecule has 3 rings (SSSR count). The van der Waals surface area contributed by atoms with Crippen molar-refractivity contribution in [2.75, 3.05) is 0 Å². The van der Waals surface area contributed by atoms with E-state index < -0.39 is 0 Å².